The van der Waals surface area contributed by atoms with Crippen LogP contribution in [0.4, 0.5) is 0 Å². The molecule has 34 heavy (non-hydrogen) atoms. The first-order valence-electron chi connectivity index (χ1n) is 11.1. The van der Waals surface area contributed by atoms with Gasteiger partial charge in [0.25, 0.3) is 0 Å². The van der Waals surface area contributed by atoms with Gasteiger partial charge in [-0.3, -0.25) is 4.79 Å². The lowest BCUT2D eigenvalue weighted by Crippen LogP contribution is -2.22. The molecule has 3 aromatic carbocycles. The molecule has 1 aromatic heterocycles. The summed E-state index contributed by atoms with van der Waals surface area (Å²) in [5.41, 5.74) is 3.59. The molecule has 0 aliphatic rings. The van der Waals surface area contributed by atoms with Crippen LogP contribution < -0.4 is 5.32 Å². The van der Waals surface area contributed by atoms with Crippen LogP contribution in [0.2, 0.25) is 0 Å². The van der Waals surface area contributed by atoms with Crippen molar-refractivity contribution >= 4 is 34.4 Å². The second kappa shape index (κ2) is 11.0. The molecular weight excluding hydrogens is 446 g/mol. The third-order valence-corrected chi connectivity index (χ3v) is 6.58. The Labute approximate surface area is 203 Å². The predicted molar refractivity (Wildman–Crippen MR) is 135 cm³/mol. The number of hydrogen-bond donors (Lipinski definition) is 1. The first-order chi connectivity index (χ1) is 16.5. The van der Waals surface area contributed by atoms with Gasteiger partial charge < -0.3 is 14.6 Å². The van der Waals surface area contributed by atoms with Crippen molar-refractivity contribution in [3.8, 4) is 0 Å². The summed E-state index contributed by atoms with van der Waals surface area (Å²) in [4.78, 5) is 28.3. The Hall–Kier alpha value is -3.58. The normalized spacial score (nSPS) is 10.9. The maximum Gasteiger partial charge on any atom is 0.338 e. The Kier molecular flexibility index (Phi) is 7.65. The predicted octanol–water partition coefficient (Wildman–Crippen LogP) is 4.84. The van der Waals surface area contributed by atoms with E-state index in [2.05, 4.69) is 52.5 Å². The van der Waals surface area contributed by atoms with Crippen LogP contribution in [0.5, 0.6) is 0 Å². The molecule has 174 valence electrons. The van der Waals surface area contributed by atoms with Gasteiger partial charge in [0.15, 0.2) is 5.16 Å². The van der Waals surface area contributed by atoms with E-state index in [1.807, 2.05) is 24.3 Å². The Morgan fingerprint density at radius 1 is 1.00 bits per heavy atom. The van der Waals surface area contributed by atoms with E-state index in [9.17, 15) is 9.59 Å². The molecule has 0 bridgehead atoms. The van der Waals surface area contributed by atoms with Crippen LogP contribution in [0.25, 0.3) is 10.8 Å². The van der Waals surface area contributed by atoms with Crippen LogP contribution in [0.15, 0.2) is 78.1 Å². The SMILES string of the molecule is COC(=O)c1ccccc1CSc1nc(CCNC(C)=O)cn1Cc1cccc2ccccc12. The second-order valence-electron chi connectivity index (χ2n) is 7.95. The molecule has 0 unspecified atom stereocenters. The van der Waals surface area contributed by atoms with Crippen LogP contribution in [-0.4, -0.2) is 35.1 Å². The number of ether oxygens (including phenoxy) is 1. The lowest BCUT2D eigenvalue weighted by atomic mass is 10.0. The van der Waals surface area contributed by atoms with Gasteiger partial charge in [0, 0.05) is 31.8 Å². The minimum Gasteiger partial charge on any atom is -0.465 e. The minimum atomic E-state index is -0.341. The molecular formula is C27H27N3O3S. The number of thioether (sulfide) groups is 1. The van der Waals surface area contributed by atoms with Crippen molar-refractivity contribution in [2.45, 2.75) is 30.8 Å². The van der Waals surface area contributed by atoms with Gasteiger partial charge in [-0.1, -0.05) is 72.4 Å². The molecule has 7 heteroatoms. The van der Waals surface area contributed by atoms with Crippen LogP contribution in [0.1, 0.15) is 34.1 Å². The van der Waals surface area contributed by atoms with Gasteiger partial charge in [-0.05, 0) is 28.0 Å². The van der Waals surface area contributed by atoms with Gasteiger partial charge in [-0.25, -0.2) is 9.78 Å². The fourth-order valence-corrected chi connectivity index (χ4v) is 4.88. The summed E-state index contributed by atoms with van der Waals surface area (Å²) in [6.07, 6.45) is 2.70. The number of methoxy groups -OCH3 is 1. The average Bonchev–Trinajstić information content (AvgIpc) is 3.23. The van der Waals surface area contributed by atoms with Gasteiger partial charge in [0.1, 0.15) is 0 Å². The van der Waals surface area contributed by atoms with Crippen molar-refractivity contribution < 1.29 is 14.3 Å². The van der Waals surface area contributed by atoms with Crippen LogP contribution in [0, 0.1) is 0 Å². The van der Waals surface area contributed by atoms with E-state index >= 15 is 0 Å². The quantitative estimate of drug-likeness (QED) is 0.278. The summed E-state index contributed by atoms with van der Waals surface area (Å²) in [5, 5.41) is 6.12. The van der Waals surface area contributed by atoms with E-state index in [1.54, 1.807) is 17.8 Å². The van der Waals surface area contributed by atoms with E-state index in [0.717, 1.165) is 16.4 Å². The molecule has 0 spiro atoms. The zero-order chi connectivity index (χ0) is 23.9. The van der Waals surface area contributed by atoms with E-state index in [1.165, 1.54) is 30.4 Å². The van der Waals surface area contributed by atoms with Crippen molar-refractivity contribution in [1.82, 2.24) is 14.9 Å². The third kappa shape index (κ3) is 5.66. The molecule has 4 aromatic rings. The molecule has 1 heterocycles. The van der Waals surface area contributed by atoms with Gasteiger partial charge in [-0.2, -0.15) is 0 Å². The van der Waals surface area contributed by atoms with E-state index in [4.69, 9.17) is 9.72 Å². The molecule has 0 radical (unpaired) electrons. The summed E-state index contributed by atoms with van der Waals surface area (Å²) >= 11 is 1.58. The number of hydrogen-bond acceptors (Lipinski definition) is 5. The van der Waals surface area contributed by atoms with Crippen molar-refractivity contribution in [3.05, 3.63) is 95.3 Å². The van der Waals surface area contributed by atoms with Gasteiger partial charge in [0.2, 0.25) is 5.91 Å². The number of fused-ring (bicyclic) bond motifs is 1. The highest BCUT2D eigenvalue weighted by Crippen LogP contribution is 2.27. The molecule has 4 rings (SSSR count). The molecule has 1 amide bonds. The third-order valence-electron chi connectivity index (χ3n) is 5.54. The van der Waals surface area contributed by atoms with Crippen molar-refractivity contribution in [3.63, 3.8) is 0 Å². The second-order valence-corrected chi connectivity index (χ2v) is 8.89. The van der Waals surface area contributed by atoms with E-state index in [0.29, 0.717) is 30.8 Å². The summed E-state index contributed by atoms with van der Waals surface area (Å²) < 4.78 is 7.09. The lowest BCUT2D eigenvalue weighted by Gasteiger charge is -2.11. The summed E-state index contributed by atoms with van der Waals surface area (Å²) in [6.45, 7) is 2.73. The van der Waals surface area contributed by atoms with Crippen molar-refractivity contribution in [2.24, 2.45) is 0 Å². The zero-order valence-electron chi connectivity index (χ0n) is 19.3. The molecule has 6 nitrogen and oxygen atoms in total. The number of nitrogens with one attached hydrogen (secondary N) is 1. The smallest absolute Gasteiger partial charge is 0.338 e. The van der Waals surface area contributed by atoms with Crippen molar-refractivity contribution in [1.29, 1.82) is 0 Å². The molecule has 0 saturated carbocycles. The fourth-order valence-electron chi connectivity index (χ4n) is 3.88. The maximum atomic E-state index is 12.2. The van der Waals surface area contributed by atoms with E-state index in [-0.39, 0.29) is 11.9 Å². The molecule has 0 saturated heterocycles. The number of benzene rings is 3. The monoisotopic (exact) mass is 473 g/mol. The maximum absolute atomic E-state index is 12.2. The summed E-state index contributed by atoms with van der Waals surface area (Å²) in [7, 11) is 1.39. The molecule has 0 fully saturated rings. The Morgan fingerprint density at radius 3 is 2.56 bits per heavy atom. The Balaban J connectivity index is 1.61. The highest BCUT2D eigenvalue weighted by Gasteiger charge is 2.15. The largest absolute Gasteiger partial charge is 0.465 e. The van der Waals surface area contributed by atoms with E-state index < -0.39 is 0 Å². The minimum absolute atomic E-state index is 0.0517. The summed E-state index contributed by atoms with van der Waals surface area (Å²) in [6, 6.07) is 22.2. The number of nitrogens with zero attached hydrogens (tertiary/aromatic N) is 2. The molecule has 1 N–H and O–H groups in total. The fraction of sp³-hybridized carbons (Fsp3) is 0.222. The van der Waals surface area contributed by atoms with Crippen LogP contribution >= 0.6 is 11.8 Å². The first kappa shape index (κ1) is 23.6. The number of esters is 1. The zero-order valence-corrected chi connectivity index (χ0v) is 20.1. The van der Waals surface area contributed by atoms with Gasteiger partial charge in [0.05, 0.1) is 24.9 Å². The van der Waals surface area contributed by atoms with Gasteiger partial charge in [-0.15, -0.1) is 0 Å². The molecule has 0 aliphatic heterocycles. The number of rotatable bonds is 9. The number of carbonyl (C=O) groups excluding carboxylic acids is 2. The van der Waals surface area contributed by atoms with Crippen LogP contribution in [-0.2, 0) is 28.2 Å². The number of amides is 1. The average molecular weight is 474 g/mol. The number of carbonyl (C=O) groups is 2. The number of aromatic nitrogens is 2. The van der Waals surface area contributed by atoms with Crippen molar-refractivity contribution in [2.75, 3.05) is 13.7 Å². The first-order valence-corrected chi connectivity index (χ1v) is 12.1. The number of imidazole rings is 1. The molecule has 0 atom stereocenters. The lowest BCUT2D eigenvalue weighted by molar-refractivity contribution is -0.118. The summed E-state index contributed by atoms with van der Waals surface area (Å²) in [5.74, 6) is 0.193. The van der Waals surface area contributed by atoms with Gasteiger partial charge >= 0.3 is 5.97 Å². The Morgan fingerprint density at radius 2 is 1.74 bits per heavy atom. The van der Waals surface area contributed by atoms with Crippen LogP contribution in [0.3, 0.4) is 0 Å². The molecule has 0 aliphatic carbocycles. The highest BCUT2D eigenvalue weighted by molar-refractivity contribution is 7.98. The highest BCUT2D eigenvalue weighted by atomic mass is 32.2. The Bertz CT molecular complexity index is 1310. The topological polar surface area (TPSA) is 73.2 Å². The standard InChI is InChI=1S/C27H27N3O3S/c1-19(31)28-15-14-23-17-30(16-21-11-7-10-20-8-3-5-12-24(20)21)27(29-23)34-18-22-9-4-6-13-25(22)26(32)33-2/h3-13,17H,14-16,18H2,1-2H3,(H,28,31).